The fourth-order valence-electron chi connectivity index (χ4n) is 20.2. The minimum absolute atomic E-state index is 0.110. The highest BCUT2D eigenvalue weighted by Gasteiger charge is 2.33. The van der Waals surface area contributed by atoms with Crippen LogP contribution in [0.1, 0.15) is 336 Å². The summed E-state index contributed by atoms with van der Waals surface area (Å²) < 4.78 is 52.1. The van der Waals surface area contributed by atoms with Crippen LogP contribution in [0.3, 0.4) is 0 Å². The summed E-state index contributed by atoms with van der Waals surface area (Å²) in [6.45, 7) is 11.6. The van der Waals surface area contributed by atoms with E-state index < -0.39 is 0 Å². The Bertz CT molecular complexity index is 3390. The molecule has 7 saturated carbocycles. The van der Waals surface area contributed by atoms with Crippen LogP contribution in [0.4, 0.5) is 17.6 Å². The summed E-state index contributed by atoms with van der Waals surface area (Å²) in [5.74, 6) is 11.9. The first-order valence-corrected chi connectivity index (χ1v) is 43.2. The predicted octanol–water partition coefficient (Wildman–Crippen LogP) is 32.0. The molecule has 5 heteroatoms. The van der Waals surface area contributed by atoms with Crippen molar-refractivity contribution in [3.8, 4) is 22.3 Å². The minimum atomic E-state index is -0.178. The quantitative estimate of drug-likeness (QED) is 0.0559. The van der Waals surface area contributed by atoms with Crippen molar-refractivity contribution in [2.75, 3.05) is 0 Å². The van der Waals surface area contributed by atoms with Gasteiger partial charge in [-0.15, -0.1) is 0 Å². The summed E-state index contributed by atoms with van der Waals surface area (Å²) >= 11 is 5.92. The van der Waals surface area contributed by atoms with Crippen molar-refractivity contribution < 1.29 is 17.6 Å². The van der Waals surface area contributed by atoms with E-state index in [1.165, 1.54) is 307 Å². The number of unbranched alkanes of at least 4 members (excludes halogenated alkanes) is 2. The van der Waals surface area contributed by atoms with E-state index in [0.29, 0.717) is 11.8 Å². The van der Waals surface area contributed by atoms with Gasteiger partial charge in [-0.05, 0) is 348 Å². The van der Waals surface area contributed by atoms with E-state index in [1.807, 2.05) is 60.7 Å². The van der Waals surface area contributed by atoms with Crippen LogP contribution < -0.4 is 0 Å². The Morgan fingerprint density at radius 3 is 0.721 bits per heavy atom. The molecule has 7 aliphatic carbocycles. The molecule has 7 fully saturated rings. The second-order valence-corrected chi connectivity index (χ2v) is 34.2. The molecule has 0 nitrogen and oxygen atoms in total. The molecule has 564 valence electrons. The molecule has 0 radical (unpaired) electrons. The number of benzene rings is 7. The van der Waals surface area contributed by atoms with Crippen LogP contribution in [0.15, 0.2) is 170 Å². The van der Waals surface area contributed by atoms with Crippen LogP contribution in [0.25, 0.3) is 22.3 Å². The molecular weight excluding hydrogens is 1300 g/mol. The Labute approximate surface area is 635 Å². The van der Waals surface area contributed by atoms with Crippen LogP contribution in [-0.2, 0) is 0 Å². The van der Waals surface area contributed by atoms with Crippen LogP contribution in [-0.4, -0.2) is 0 Å². The van der Waals surface area contributed by atoms with Crippen molar-refractivity contribution in [1.82, 2.24) is 0 Å². The van der Waals surface area contributed by atoms with Gasteiger partial charge in [-0.25, -0.2) is 17.6 Å². The van der Waals surface area contributed by atoms with E-state index in [9.17, 15) is 17.6 Å². The Hall–Kier alpha value is -5.45. The lowest BCUT2D eigenvalue weighted by molar-refractivity contribution is 0.156. The first-order valence-electron chi connectivity index (χ1n) is 42.8. The molecular formula is C99H133ClF4. The summed E-state index contributed by atoms with van der Waals surface area (Å²) in [5.41, 5.74) is 11.6. The fourth-order valence-corrected chi connectivity index (χ4v) is 20.3. The number of halogens is 5. The summed E-state index contributed by atoms with van der Waals surface area (Å²) in [6.07, 6.45) is 52.9. The number of hydrogen-bond donors (Lipinski definition) is 0. The van der Waals surface area contributed by atoms with Crippen molar-refractivity contribution >= 4 is 11.6 Å². The molecule has 14 rings (SSSR count). The first kappa shape index (κ1) is 81.1. The maximum Gasteiger partial charge on any atom is 0.123 e. The van der Waals surface area contributed by atoms with Crippen molar-refractivity contribution in [2.45, 2.75) is 308 Å². The smallest absolute Gasteiger partial charge is 0.123 e. The standard InChI is InChI=1S/C23H29F.C21H31F.C20H29F.C20H23F.C15H21Cl/c1-2-3-4-5-18-6-8-19(9-7-18)20-10-12-21(13-11-20)22-14-16-23(24)17-15-22;1-2-3-16-4-6-17(7-5-16)18-8-10-19(11-9-18)20-12-14-21(22)15-13-20;2*1-2-15-3-5-16(6-4-15)17-7-9-18(10-8-17)19-11-13-20(21)14-12-19;1-2-3-12-4-6-13(7-5-12)14-8-10-15(16)11-9-14/h10-19H,2-9H2,1H3;12-19H,2-11H2,1H3;11-18H,2-10H2,1H3;7-16H,2-6H2,1H3;8-13H,2-7H2,1H3. The summed E-state index contributed by atoms with van der Waals surface area (Å²) in [6, 6.07) is 54.2. The minimum Gasteiger partial charge on any atom is -0.207 e. The van der Waals surface area contributed by atoms with E-state index in [4.69, 9.17) is 11.6 Å². The van der Waals surface area contributed by atoms with Crippen LogP contribution >= 0.6 is 11.6 Å². The Morgan fingerprint density at radius 1 is 0.231 bits per heavy atom. The molecule has 7 aromatic rings. The largest absolute Gasteiger partial charge is 0.207 e. The van der Waals surface area contributed by atoms with E-state index in [0.717, 1.165) is 87.2 Å². The van der Waals surface area contributed by atoms with Crippen molar-refractivity contribution in [3.05, 3.63) is 226 Å². The van der Waals surface area contributed by atoms with E-state index in [1.54, 1.807) is 24.3 Å². The van der Waals surface area contributed by atoms with Gasteiger partial charge in [0.15, 0.2) is 0 Å². The van der Waals surface area contributed by atoms with Gasteiger partial charge < -0.3 is 0 Å². The van der Waals surface area contributed by atoms with Crippen molar-refractivity contribution in [1.29, 1.82) is 0 Å². The molecule has 0 saturated heterocycles. The molecule has 0 N–H and O–H groups in total. The lowest BCUT2D eigenvalue weighted by Crippen LogP contribution is -2.25. The fraction of sp³-hybridized carbons (Fsp3) is 0.576. The molecule has 0 amide bonds. The third kappa shape index (κ3) is 25.6. The van der Waals surface area contributed by atoms with Gasteiger partial charge in [0.25, 0.3) is 0 Å². The van der Waals surface area contributed by atoms with E-state index in [-0.39, 0.29) is 23.3 Å². The summed E-state index contributed by atoms with van der Waals surface area (Å²) in [4.78, 5) is 0. The molecule has 7 aromatic carbocycles. The van der Waals surface area contributed by atoms with Crippen molar-refractivity contribution in [2.24, 2.45) is 53.3 Å². The predicted molar refractivity (Wildman–Crippen MR) is 437 cm³/mol. The Balaban J connectivity index is 0.000000140. The second kappa shape index (κ2) is 43.5. The average Bonchev–Trinajstić information content (AvgIpc) is 0.861. The zero-order chi connectivity index (χ0) is 72.8. The number of rotatable bonds is 19. The summed E-state index contributed by atoms with van der Waals surface area (Å²) in [7, 11) is 0. The van der Waals surface area contributed by atoms with Gasteiger partial charge >= 0.3 is 0 Å². The Morgan fingerprint density at radius 2 is 0.442 bits per heavy atom. The topological polar surface area (TPSA) is 0 Å². The van der Waals surface area contributed by atoms with Gasteiger partial charge in [-0.1, -0.05) is 245 Å². The summed E-state index contributed by atoms with van der Waals surface area (Å²) in [5, 5.41) is 0.850. The van der Waals surface area contributed by atoms with Crippen LogP contribution in [0.5, 0.6) is 0 Å². The van der Waals surface area contributed by atoms with Gasteiger partial charge in [0.1, 0.15) is 23.3 Å². The monoisotopic (exact) mass is 1430 g/mol. The third-order valence-corrected chi connectivity index (χ3v) is 27.4. The second-order valence-electron chi connectivity index (χ2n) is 33.7. The normalized spacial score (nSPS) is 27.0. The maximum atomic E-state index is 13.0. The molecule has 104 heavy (non-hydrogen) atoms. The molecule has 0 unspecified atom stereocenters. The molecule has 0 aromatic heterocycles. The SMILES string of the molecule is CCC1CCC(C2CCC(c3ccc(F)cc3)CC2)CC1.CCC1CCC(c2ccc(-c3ccc(F)cc3)cc2)CC1.CCCC1CCC(C2CCC(c3ccc(F)cc3)CC2)CC1.CCCC1CCC(c2ccc(Cl)cc2)CC1.CCCCCC1CCC(c2ccc(-c3ccc(F)cc3)cc2)CC1. The Kier molecular flexibility index (Phi) is 33.9. The molecule has 0 bridgehead atoms. The average molecular weight is 1430 g/mol. The molecule has 7 aliphatic rings. The zero-order valence-corrected chi connectivity index (χ0v) is 65.8. The maximum absolute atomic E-state index is 13.0. The van der Waals surface area contributed by atoms with Crippen LogP contribution in [0, 0.1) is 76.5 Å². The molecule has 0 spiro atoms. The third-order valence-electron chi connectivity index (χ3n) is 27.1. The van der Waals surface area contributed by atoms with E-state index >= 15 is 0 Å². The van der Waals surface area contributed by atoms with Gasteiger partial charge in [-0.3, -0.25) is 0 Å². The highest BCUT2D eigenvalue weighted by atomic mass is 35.5. The van der Waals surface area contributed by atoms with Crippen molar-refractivity contribution in [3.63, 3.8) is 0 Å². The van der Waals surface area contributed by atoms with Gasteiger partial charge in [0.2, 0.25) is 0 Å². The van der Waals surface area contributed by atoms with E-state index in [2.05, 4.69) is 95.3 Å². The van der Waals surface area contributed by atoms with Gasteiger partial charge in [0, 0.05) is 5.02 Å². The highest BCUT2D eigenvalue weighted by molar-refractivity contribution is 6.30. The molecule has 0 aliphatic heterocycles. The number of hydrogen-bond acceptors (Lipinski definition) is 0. The van der Waals surface area contributed by atoms with Gasteiger partial charge in [0.05, 0.1) is 0 Å². The lowest BCUT2D eigenvalue weighted by atomic mass is 9.68. The molecule has 0 atom stereocenters. The zero-order valence-electron chi connectivity index (χ0n) is 65.0. The molecule has 0 heterocycles. The van der Waals surface area contributed by atoms with Crippen LogP contribution in [0.2, 0.25) is 5.02 Å². The lowest BCUT2D eigenvalue weighted by Gasteiger charge is -2.38. The first-order chi connectivity index (χ1) is 50.8. The highest BCUT2D eigenvalue weighted by Crippen LogP contribution is 2.48. The van der Waals surface area contributed by atoms with Gasteiger partial charge in [-0.2, -0.15) is 0 Å².